The van der Waals surface area contributed by atoms with Gasteiger partial charge in [0.15, 0.2) is 0 Å². The molecule has 82 valence electrons. The first-order chi connectivity index (χ1) is 7.58. The van der Waals surface area contributed by atoms with Crippen LogP contribution in [0.4, 0.5) is 4.39 Å². The van der Waals surface area contributed by atoms with E-state index in [-0.39, 0.29) is 11.7 Å². The molecule has 1 amide bonds. The lowest BCUT2D eigenvalue weighted by Gasteiger charge is -2.03. The van der Waals surface area contributed by atoms with Crippen molar-refractivity contribution < 1.29 is 9.18 Å². The SMILES string of the molecule is CC1=C(Cc2ccc(C)c(F)c2)C(=O)N=N1. The maximum absolute atomic E-state index is 13.3. The van der Waals surface area contributed by atoms with Gasteiger partial charge in [-0.25, -0.2) is 4.39 Å². The predicted octanol–water partition coefficient (Wildman–Crippen LogP) is 2.94. The number of carbonyl (C=O) groups excluding carboxylic acids is 1. The van der Waals surface area contributed by atoms with E-state index in [2.05, 4.69) is 10.2 Å². The first-order valence-corrected chi connectivity index (χ1v) is 4.99. The average molecular weight is 218 g/mol. The highest BCUT2D eigenvalue weighted by Gasteiger charge is 2.18. The van der Waals surface area contributed by atoms with Crippen molar-refractivity contribution in [3.63, 3.8) is 0 Å². The molecule has 16 heavy (non-hydrogen) atoms. The van der Waals surface area contributed by atoms with Gasteiger partial charge in [0.25, 0.3) is 5.91 Å². The summed E-state index contributed by atoms with van der Waals surface area (Å²) in [6.45, 7) is 3.43. The third kappa shape index (κ3) is 1.91. The van der Waals surface area contributed by atoms with Crippen molar-refractivity contribution in [1.29, 1.82) is 0 Å². The molecule has 0 N–H and O–H groups in total. The highest BCUT2D eigenvalue weighted by Crippen LogP contribution is 2.21. The van der Waals surface area contributed by atoms with E-state index in [1.807, 2.05) is 6.07 Å². The number of rotatable bonds is 2. The van der Waals surface area contributed by atoms with Crippen LogP contribution in [0.15, 0.2) is 39.7 Å². The lowest BCUT2D eigenvalue weighted by Crippen LogP contribution is -2.00. The first-order valence-electron chi connectivity index (χ1n) is 4.99. The smallest absolute Gasteiger partial charge is 0.265 e. The Kier molecular flexibility index (Phi) is 2.64. The van der Waals surface area contributed by atoms with E-state index < -0.39 is 0 Å². The second-order valence-electron chi connectivity index (χ2n) is 3.83. The van der Waals surface area contributed by atoms with Gasteiger partial charge in [0.05, 0.1) is 5.70 Å². The lowest BCUT2D eigenvalue weighted by molar-refractivity contribution is -0.114. The number of aryl methyl sites for hydroxylation is 1. The summed E-state index contributed by atoms with van der Waals surface area (Å²) in [6.07, 6.45) is 0.384. The number of hydrogen-bond acceptors (Lipinski definition) is 2. The molecule has 1 aromatic carbocycles. The third-order valence-electron chi connectivity index (χ3n) is 2.60. The molecule has 3 nitrogen and oxygen atoms in total. The van der Waals surface area contributed by atoms with Gasteiger partial charge in [-0.15, -0.1) is 5.11 Å². The second-order valence-corrected chi connectivity index (χ2v) is 3.83. The van der Waals surface area contributed by atoms with Crippen molar-refractivity contribution >= 4 is 5.91 Å². The molecule has 0 atom stereocenters. The van der Waals surface area contributed by atoms with Gasteiger partial charge in [-0.05, 0) is 31.0 Å². The van der Waals surface area contributed by atoms with Gasteiger partial charge in [0.2, 0.25) is 0 Å². The fourth-order valence-corrected chi connectivity index (χ4v) is 1.55. The van der Waals surface area contributed by atoms with Crippen molar-refractivity contribution in [3.05, 3.63) is 46.4 Å². The summed E-state index contributed by atoms with van der Waals surface area (Å²) in [5.41, 5.74) is 2.52. The van der Waals surface area contributed by atoms with Crippen LogP contribution in [0.3, 0.4) is 0 Å². The number of halogens is 1. The third-order valence-corrected chi connectivity index (χ3v) is 2.60. The average Bonchev–Trinajstić information content (AvgIpc) is 2.55. The van der Waals surface area contributed by atoms with Crippen LogP contribution in [0.25, 0.3) is 0 Å². The van der Waals surface area contributed by atoms with Crippen LogP contribution >= 0.6 is 0 Å². The minimum atomic E-state index is -0.321. The summed E-state index contributed by atoms with van der Waals surface area (Å²) in [5, 5.41) is 7.15. The highest BCUT2D eigenvalue weighted by atomic mass is 19.1. The minimum absolute atomic E-state index is 0.255. The molecule has 0 fully saturated rings. The molecule has 0 aromatic heterocycles. The first kappa shape index (κ1) is 10.7. The molecule has 1 aromatic rings. The molecular weight excluding hydrogens is 207 g/mol. The van der Waals surface area contributed by atoms with Gasteiger partial charge in [-0.2, -0.15) is 5.11 Å². The van der Waals surface area contributed by atoms with Gasteiger partial charge in [0, 0.05) is 12.0 Å². The van der Waals surface area contributed by atoms with E-state index in [1.54, 1.807) is 19.9 Å². The van der Waals surface area contributed by atoms with Gasteiger partial charge in [0.1, 0.15) is 5.82 Å². The zero-order valence-electron chi connectivity index (χ0n) is 9.12. The van der Waals surface area contributed by atoms with Gasteiger partial charge < -0.3 is 0 Å². The molecule has 1 aliphatic rings. The number of benzene rings is 1. The fraction of sp³-hybridized carbons (Fsp3) is 0.250. The highest BCUT2D eigenvalue weighted by molar-refractivity contribution is 5.96. The molecule has 1 heterocycles. The Hall–Kier alpha value is -1.84. The van der Waals surface area contributed by atoms with Crippen molar-refractivity contribution in [2.24, 2.45) is 10.2 Å². The lowest BCUT2D eigenvalue weighted by atomic mass is 10.0. The molecule has 0 aliphatic carbocycles. The standard InChI is InChI=1S/C12H11FN2O/c1-7-3-4-9(6-11(7)13)5-10-8(2)14-15-12(10)16/h3-4,6H,5H2,1-2H3. The summed E-state index contributed by atoms with van der Waals surface area (Å²) in [4.78, 5) is 11.3. The molecule has 0 spiro atoms. The van der Waals surface area contributed by atoms with Crippen LogP contribution < -0.4 is 0 Å². The van der Waals surface area contributed by atoms with E-state index in [0.717, 1.165) is 5.56 Å². The Balaban J connectivity index is 2.25. The summed E-state index contributed by atoms with van der Waals surface area (Å²) < 4.78 is 13.3. The van der Waals surface area contributed by atoms with E-state index in [1.165, 1.54) is 6.07 Å². The molecular formula is C12H11FN2O. The fourth-order valence-electron chi connectivity index (χ4n) is 1.55. The Bertz CT molecular complexity index is 518. The normalized spacial score (nSPS) is 15.1. The minimum Gasteiger partial charge on any atom is -0.265 e. The van der Waals surface area contributed by atoms with Crippen LogP contribution in [-0.2, 0) is 11.2 Å². The number of hydrogen-bond donors (Lipinski definition) is 0. The summed E-state index contributed by atoms with van der Waals surface area (Å²) in [7, 11) is 0. The molecule has 0 radical (unpaired) electrons. The summed E-state index contributed by atoms with van der Waals surface area (Å²) in [5.74, 6) is -0.575. The van der Waals surface area contributed by atoms with E-state index in [9.17, 15) is 9.18 Å². The largest absolute Gasteiger partial charge is 0.293 e. The van der Waals surface area contributed by atoms with Crippen molar-refractivity contribution in [2.45, 2.75) is 20.3 Å². The van der Waals surface area contributed by atoms with E-state index >= 15 is 0 Å². The van der Waals surface area contributed by atoms with Crippen LogP contribution in [-0.4, -0.2) is 5.91 Å². The molecule has 4 heteroatoms. The number of allylic oxidation sites excluding steroid dienone is 1. The maximum Gasteiger partial charge on any atom is 0.293 e. The van der Waals surface area contributed by atoms with Gasteiger partial charge in [-0.3, -0.25) is 4.79 Å². The molecule has 2 rings (SSSR count). The molecule has 0 saturated heterocycles. The number of amides is 1. The Labute approximate surface area is 92.7 Å². The molecule has 0 unspecified atom stereocenters. The second kappa shape index (κ2) is 3.96. The molecule has 1 aliphatic heterocycles. The molecule has 0 bridgehead atoms. The predicted molar refractivity (Wildman–Crippen MR) is 57.4 cm³/mol. The van der Waals surface area contributed by atoms with E-state index in [0.29, 0.717) is 23.3 Å². The van der Waals surface area contributed by atoms with Crippen LogP contribution in [0.5, 0.6) is 0 Å². The number of nitrogens with zero attached hydrogens (tertiary/aromatic N) is 2. The summed E-state index contributed by atoms with van der Waals surface area (Å²) in [6, 6.07) is 4.96. The summed E-state index contributed by atoms with van der Waals surface area (Å²) >= 11 is 0. The maximum atomic E-state index is 13.3. The van der Waals surface area contributed by atoms with Crippen LogP contribution in [0.2, 0.25) is 0 Å². The van der Waals surface area contributed by atoms with Crippen LogP contribution in [0, 0.1) is 12.7 Å². The van der Waals surface area contributed by atoms with Gasteiger partial charge >= 0.3 is 0 Å². The Morgan fingerprint density at radius 2 is 2.00 bits per heavy atom. The monoisotopic (exact) mass is 218 g/mol. The van der Waals surface area contributed by atoms with Gasteiger partial charge in [-0.1, -0.05) is 12.1 Å². The number of azo groups is 1. The van der Waals surface area contributed by atoms with Crippen LogP contribution in [0.1, 0.15) is 18.1 Å². The van der Waals surface area contributed by atoms with Crippen molar-refractivity contribution in [3.8, 4) is 0 Å². The zero-order valence-corrected chi connectivity index (χ0v) is 9.12. The van der Waals surface area contributed by atoms with Crippen molar-refractivity contribution in [2.75, 3.05) is 0 Å². The quantitative estimate of drug-likeness (QED) is 0.752. The Morgan fingerprint density at radius 3 is 2.56 bits per heavy atom. The number of carbonyl (C=O) groups is 1. The topological polar surface area (TPSA) is 41.8 Å². The Morgan fingerprint density at radius 1 is 1.25 bits per heavy atom. The van der Waals surface area contributed by atoms with Crippen molar-refractivity contribution in [1.82, 2.24) is 0 Å². The molecule has 0 saturated carbocycles. The van der Waals surface area contributed by atoms with E-state index in [4.69, 9.17) is 0 Å². The zero-order chi connectivity index (χ0) is 11.7.